The molecule has 1 unspecified atom stereocenters. The first-order valence-corrected chi connectivity index (χ1v) is 9.44. The first-order chi connectivity index (χ1) is 12.2. The van der Waals surface area contributed by atoms with Gasteiger partial charge >= 0.3 is 0 Å². The number of aryl methyl sites for hydroxylation is 1. The Bertz CT molecular complexity index is 527. The first kappa shape index (κ1) is 19.7. The van der Waals surface area contributed by atoms with Crippen LogP contribution in [-0.4, -0.2) is 56.9 Å². The predicted octanol–water partition coefficient (Wildman–Crippen LogP) is 2.98. The highest BCUT2D eigenvalue weighted by atomic mass is 16.5. The van der Waals surface area contributed by atoms with Gasteiger partial charge in [-0.2, -0.15) is 0 Å². The number of rotatable bonds is 9. The topological polar surface area (TPSA) is 46.1 Å². The summed E-state index contributed by atoms with van der Waals surface area (Å²) in [7, 11) is 2.09. The van der Waals surface area contributed by atoms with Gasteiger partial charge in [0.25, 0.3) is 0 Å². The smallest absolute Gasteiger partial charge is 0.193 e. The Hall–Kier alpha value is -1.59. The van der Waals surface area contributed by atoms with Crippen molar-refractivity contribution in [3.63, 3.8) is 0 Å². The first-order valence-electron chi connectivity index (χ1n) is 9.44. The summed E-state index contributed by atoms with van der Waals surface area (Å²) in [6, 6.07) is 8.49. The quantitative estimate of drug-likeness (QED) is 0.424. The lowest BCUT2D eigenvalue weighted by Crippen LogP contribution is -2.38. The molecule has 1 aliphatic rings. The van der Waals surface area contributed by atoms with E-state index in [1.165, 1.54) is 11.1 Å². The van der Waals surface area contributed by atoms with Crippen molar-refractivity contribution in [1.29, 1.82) is 0 Å². The second kappa shape index (κ2) is 11.1. The average molecular weight is 348 g/mol. The molecule has 5 nitrogen and oxygen atoms in total. The SMILES string of the molecule is CCNC(=NCCCOCC1CCCO1)N(C)Cc1ccccc1C. The number of guanidine groups is 1. The molecule has 1 aromatic carbocycles. The Morgan fingerprint density at radius 1 is 1.40 bits per heavy atom. The van der Waals surface area contributed by atoms with E-state index in [0.717, 1.165) is 64.7 Å². The standard InChI is InChI=1S/C20H33N3O2/c1-4-21-20(23(3)15-18-10-6-5-9-17(18)2)22-12-8-13-24-16-19-11-7-14-25-19/h5-6,9-10,19H,4,7-8,11-16H2,1-3H3,(H,21,22). The van der Waals surface area contributed by atoms with Crippen molar-refractivity contribution in [2.45, 2.75) is 45.8 Å². The van der Waals surface area contributed by atoms with Gasteiger partial charge in [0.05, 0.1) is 12.7 Å². The van der Waals surface area contributed by atoms with Gasteiger partial charge in [0.15, 0.2) is 5.96 Å². The lowest BCUT2D eigenvalue weighted by Gasteiger charge is -2.23. The number of hydrogen-bond donors (Lipinski definition) is 1. The van der Waals surface area contributed by atoms with Crippen LogP contribution in [0.1, 0.15) is 37.3 Å². The number of benzene rings is 1. The summed E-state index contributed by atoms with van der Waals surface area (Å²) in [5, 5.41) is 3.37. The summed E-state index contributed by atoms with van der Waals surface area (Å²) in [6.07, 6.45) is 3.53. The van der Waals surface area contributed by atoms with E-state index in [0.29, 0.717) is 6.10 Å². The van der Waals surface area contributed by atoms with E-state index in [1.807, 2.05) is 0 Å². The molecule has 0 aromatic heterocycles. The molecule has 0 spiro atoms. The van der Waals surface area contributed by atoms with Gasteiger partial charge in [-0.3, -0.25) is 4.99 Å². The number of nitrogens with zero attached hydrogens (tertiary/aromatic N) is 2. The Morgan fingerprint density at radius 2 is 2.24 bits per heavy atom. The Morgan fingerprint density at radius 3 is 2.96 bits per heavy atom. The zero-order chi connectivity index (χ0) is 17.9. The molecule has 0 radical (unpaired) electrons. The summed E-state index contributed by atoms with van der Waals surface area (Å²) in [5.74, 6) is 0.949. The molecule has 1 saturated heterocycles. The van der Waals surface area contributed by atoms with Gasteiger partial charge < -0.3 is 19.7 Å². The normalized spacial score (nSPS) is 17.7. The molecule has 1 aromatic rings. The number of nitrogens with one attached hydrogen (secondary N) is 1. The molecule has 0 bridgehead atoms. The van der Waals surface area contributed by atoms with E-state index < -0.39 is 0 Å². The van der Waals surface area contributed by atoms with E-state index in [4.69, 9.17) is 14.5 Å². The molecule has 5 heteroatoms. The molecule has 1 fully saturated rings. The molecule has 1 atom stereocenters. The van der Waals surface area contributed by atoms with Gasteiger partial charge in [0.2, 0.25) is 0 Å². The van der Waals surface area contributed by atoms with E-state index >= 15 is 0 Å². The summed E-state index contributed by atoms with van der Waals surface area (Å²) >= 11 is 0. The van der Waals surface area contributed by atoms with Crippen molar-refractivity contribution in [2.24, 2.45) is 4.99 Å². The fourth-order valence-electron chi connectivity index (χ4n) is 2.93. The molecular weight excluding hydrogens is 314 g/mol. The highest BCUT2D eigenvalue weighted by Crippen LogP contribution is 2.12. The molecule has 2 rings (SSSR count). The molecule has 0 amide bonds. The highest BCUT2D eigenvalue weighted by molar-refractivity contribution is 5.79. The number of ether oxygens (including phenoxy) is 2. The van der Waals surface area contributed by atoms with Crippen LogP contribution in [0, 0.1) is 6.92 Å². The minimum atomic E-state index is 0.307. The Balaban J connectivity index is 1.73. The van der Waals surface area contributed by atoms with Crippen LogP contribution >= 0.6 is 0 Å². The molecule has 0 aliphatic carbocycles. The molecule has 0 saturated carbocycles. The van der Waals surface area contributed by atoms with Crippen LogP contribution in [0.5, 0.6) is 0 Å². The van der Waals surface area contributed by atoms with Gasteiger partial charge in [0, 0.05) is 39.9 Å². The lowest BCUT2D eigenvalue weighted by atomic mass is 10.1. The second-order valence-corrected chi connectivity index (χ2v) is 6.58. The maximum Gasteiger partial charge on any atom is 0.193 e. The Kier molecular flexibility index (Phi) is 8.77. The van der Waals surface area contributed by atoms with Gasteiger partial charge in [-0.1, -0.05) is 24.3 Å². The fourth-order valence-corrected chi connectivity index (χ4v) is 2.93. The van der Waals surface area contributed by atoms with Gasteiger partial charge in [-0.15, -0.1) is 0 Å². The minimum absolute atomic E-state index is 0.307. The fraction of sp³-hybridized carbons (Fsp3) is 0.650. The summed E-state index contributed by atoms with van der Waals surface area (Å²) < 4.78 is 11.3. The van der Waals surface area contributed by atoms with Crippen LogP contribution in [0.3, 0.4) is 0 Å². The highest BCUT2D eigenvalue weighted by Gasteiger charge is 2.15. The van der Waals surface area contributed by atoms with Crippen LogP contribution < -0.4 is 5.32 Å². The molecule has 1 heterocycles. The monoisotopic (exact) mass is 347 g/mol. The van der Waals surface area contributed by atoms with Crippen molar-refractivity contribution in [1.82, 2.24) is 10.2 Å². The third-order valence-corrected chi connectivity index (χ3v) is 4.40. The third kappa shape index (κ3) is 7.04. The van der Waals surface area contributed by atoms with Gasteiger partial charge in [0.1, 0.15) is 0 Å². The predicted molar refractivity (Wildman–Crippen MR) is 103 cm³/mol. The average Bonchev–Trinajstić information content (AvgIpc) is 3.12. The molecule has 25 heavy (non-hydrogen) atoms. The van der Waals surface area contributed by atoms with Crippen LogP contribution in [-0.2, 0) is 16.0 Å². The van der Waals surface area contributed by atoms with Crippen molar-refractivity contribution in [3.8, 4) is 0 Å². The maximum atomic E-state index is 5.70. The molecule has 140 valence electrons. The minimum Gasteiger partial charge on any atom is -0.379 e. The molecule has 1 aliphatic heterocycles. The van der Waals surface area contributed by atoms with E-state index in [1.54, 1.807) is 0 Å². The zero-order valence-corrected chi connectivity index (χ0v) is 16.0. The van der Waals surface area contributed by atoms with Gasteiger partial charge in [-0.05, 0) is 44.2 Å². The maximum absolute atomic E-state index is 5.70. The number of aliphatic imine (C=N–C) groups is 1. The largest absolute Gasteiger partial charge is 0.379 e. The lowest BCUT2D eigenvalue weighted by molar-refractivity contribution is 0.0170. The van der Waals surface area contributed by atoms with Crippen molar-refractivity contribution < 1.29 is 9.47 Å². The van der Waals surface area contributed by atoms with Crippen molar-refractivity contribution in [3.05, 3.63) is 35.4 Å². The summed E-state index contributed by atoms with van der Waals surface area (Å²) in [5.41, 5.74) is 2.64. The van der Waals surface area contributed by atoms with Gasteiger partial charge in [-0.25, -0.2) is 0 Å². The van der Waals surface area contributed by atoms with Crippen molar-refractivity contribution in [2.75, 3.05) is 40.0 Å². The molecular formula is C20H33N3O2. The van der Waals surface area contributed by atoms with Crippen LogP contribution in [0.15, 0.2) is 29.3 Å². The number of hydrogen-bond acceptors (Lipinski definition) is 3. The van der Waals surface area contributed by atoms with Crippen molar-refractivity contribution >= 4 is 5.96 Å². The van der Waals surface area contributed by atoms with E-state index in [-0.39, 0.29) is 0 Å². The summed E-state index contributed by atoms with van der Waals surface area (Å²) in [4.78, 5) is 6.91. The zero-order valence-electron chi connectivity index (χ0n) is 16.0. The van der Waals surface area contributed by atoms with Crippen LogP contribution in [0.25, 0.3) is 0 Å². The summed E-state index contributed by atoms with van der Waals surface area (Å²) in [6.45, 7) is 9.09. The van der Waals surface area contributed by atoms with Crippen LogP contribution in [0.4, 0.5) is 0 Å². The van der Waals surface area contributed by atoms with E-state index in [2.05, 4.69) is 55.4 Å². The third-order valence-electron chi connectivity index (χ3n) is 4.40. The molecule has 1 N–H and O–H groups in total. The van der Waals surface area contributed by atoms with Crippen LogP contribution in [0.2, 0.25) is 0 Å². The van der Waals surface area contributed by atoms with E-state index in [9.17, 15) is 0 Å². The Labute approximate surface area is 152 Å². The second-order valence-electron chi connectivity index (χ2n) is 6.58.